The first-order valence-electron chi connectivity index (χ1n) is 6.33. The van der Waals surface area contributed by atoms with E-state index in [0.29, 0.717) is 18.8 Å². The summed E-state index contributed by atoms with van der Waals surface area (Å²) in [7, 11) is 3.28. The molecule has 1 aromatic heterocycles. The van der Waals surface area contributed by atoms with E-state index in [2.05, 4.69) is 5.10 Å². The maximum atomic E-state index is 12.6. The van der Waals surface area contributed by atoms with Gasteiger partial charge in [0.15, 0.2) is 0 Å². The molecule has 6 nitrogen and oxygen atoms in total. The molecule has 1 rings (SSSR count). The molecule has 1 atom stereocenters. The first-order chi connectivity index (χ1) is 9.79. The maximum Gasteiger partial charge on any atom is 0.394 e. The molecule has 0 aliphatic carbocycles. The number of hydrogen-bond acceptors (Lipinski definition) is 5. The summed E-state index contributed by atoms with van der Waals surface area (Å²) in [6.45, 7) is -0.174. The normalized spacial score (nSPS) is 13.2. The van der Waals surface area contributed by atoms with Gasteiger partial charge in [0.25, 0.3) is 5.56 Å². The number of hydrogen-bond donors (Lipinski definition) is 1. The van der Waals surface area contributed by atoms with E-state index >= 15 is 0 Å². The Kier molecular flexibility index (Phi) is 6.16. The summed E-state index contributed by atoms with van der Waals surface area (Å²) >= 11 is 0. The molecule has 0 radical (unpaired) electrons. The third-order valence-electron chi connectivity index (χ3n) is 3.07. The van der Waals surface area contributed by atoms with Crippen molar-refractivity contribution in [1.82, 2.24) is 9.78 Å². The van der Waals surface area contributed by atoms with Gasteiger partial charge in [-0.15, -0.1) is 0 Å². The number of anilines is 1. The van der Waals surface area contributed by atoms with E-state index in [1.807, 2.05) is 0 Å². The molecule has 1 aromatic rings. The second-order valence-electron chi connectivity index (χ2n) is 4.62. The molecule has 0 saturated heterocycles. The van der Waals surface area contributed by atoms with E-state index in [0.717, 1.165) is 4.68 Å². The third kappa shape index (κ3) is 5.01. The number of nitrogens with zero attached hydrogens (tertiary/aromatic N) is 3. The summed E-state index contributed by atoms with van der Waals surface area (Å²) in [5.41, 5.74) is 5.02. The van der Waals surface area contributed by atoms with Gasteiger partial charge in [-0.3, -0.25) is 4.79 Å². The Labute approximate surface area is 120 Å². The molecule has 0 aliphatic heterocycles. The van der Waals surface area contributed by atoms with Crippen LogP contribution in [0.5, 0.6) is 0 Å². The van der Waals surface area contributed by atoms with Crippen molar-refractivity contribution in [1.29, 1.82) is 0 Å². The maximum absolute atomic E-state index is 12.6. The quantitative estimate of drug-likeness (QED) is 0.792. The number of likely N-dealkylation sites (N-methyl/N-ethyl adjacent to an activating group) is 1. The second-order valence-corrected chi connectivity index (χ2v) is 4.62. The molecular weight excluding hydrogens is 289 g/mol. The van der Waals surface area contributed by atoms with Gasteiger partial charge in [0.05, 0.1) is 31.0 Å². The van der Waals surface area contributed by atoms with Crippen molar-refractivity contribution in [3.8, 4) is 0 Å². The van der Waals surface area contributed by atoms with Crippen molar-refractivity contribution in [2.45, 2.75) is 12.7 Å². The van der Waals surface area contributed by atoms with Crippen molar-refractivity contribution in [2.75, 3.05) is 38.8 Å². The average molecular weight is 308 g/mol. The molecule has 0 fully saturated rings. The minimum absolute atomic E-state index is 0.461. The molecule has 2 N–H and O–H groups in total. The molecule has 0 bridgehead atoms. The highest BCUT2D eigenvalue weighted by atomic mass is 19.4. The molecule has 0 spiro atoms. The van der Waals surface area contributed by atoms with Crippen LogP contribution in [0.2, 0.25) is 0 Å². The summed E-state index contributed by atoms with van der Waals surface area (Å²) in [6, 6.07) is 1.24. The van der Waals surface area contributed by atoms with E-state index in [1.165, 1.54) is 12.3 Å². The molecule has 0 aromatic carbocycles. The molecule has 9 heteroatoms. The Balaban J connectivity index is 2.86. The largest absolute Gasteiger partial charge is 0.394 e. The Morgan fingerprint density at radius 2 is 2.19 bits per heavy atom. The van der Waals surface area contributed by atoms with E-state index in [-0.39, 0.29) is 0 Å². The average Bonchev–Trinajstić information content (AvgIpc) is 2.41. The molecule has 120 valence electrons. The van der Waals surface area contributed by atoms with Crippen molar-refractivity contribution >= 4 is 5.69 Å². The van der Waals surface area contributed by atoms with E-state index < -0.39 is 30.7 Å². The van der Waals surface area contributed by atoms with Gasteiger partial charge in [-0.1, -0.05) is 0 Å². The molecule has 0 amide bonds. The van der Waals surface area contributed by atoms with Crippen LogP contribution in [0.4, 0.5) is 18.9 Å². The second kappa shape index (κ2) is 7.41. The van der Waals surface area contributed by atoms with Gasteiger partial charge < -0.3 is 15.4 Å². The summed E-state index contributed by atoms with van der Waals surface area (Å²) in [4.78, 5) is 13.6. The minimum Gasteiger partial charge on any atom is -0.383 e. The molecule has 1 unspecified atom stereocenters. The van der Waals surface area contributed by atoms with Crippen LogP contribution in [-0.2, 0) is 11.3 Å². The number of nitrogens with two attached hydrogens (primary N) is 1. The number of halogens is 3. The van der Waals surface area contributed by atoms with E-state index in [9.17, 15) is 18.0 Å². The van der Waals surface area contributed by atoms with Crippen molar-refractivity contribution in [3.63, 3.8) is 0 Å². The first-order valence-corrected chi connectivity index (χ1v) is 6.33. The topological polar surface area (TPSA) is 73.4 Å². The van der Waals surface area contributed by atoms with Crippen LogP contribution in [0.25, 0.3) is 0 Å². The van der Waals surface area contributed by atoms with Gasteiger partial charge in [-0.2, -0.15) is 18.3 Å². The fraction of sp³-hybridized carbons (Fsp3) is 0.667. The zero-order valence-corrected chi connectivity index (χ0v) is 11.9. The predicted molar refractivity (Wildman–Crippen MR) is 72.2 cm³/mol. The Morgan fingerprint density at radius 1 is 1.52 bits per heavy atom. The Hall–Kier alpha value is -1.61. The third-order valence-corrected chi connectivity index (χ3v) is 3.07. The van der Waals surface area contributed by atoms with Gasteiger partial charge in [0.1, 0.15) is 0 Å². The molecule has 0 aliphatic rings. The number of ether oxygens (including phenoxy) is 1. The lowest BCUT2D eigenvalue weighted by molar-refractivity contribution is -0.175. The van der Waals surface area contributed by atoms with Gasteiger partial charge in [0, 0.05) is 33.3 Å². The molecule has 21 heavy (non-hydrogen) atoms. The number of methoxy groups -OCH3 is 1. The van der Waals surface area contributed by atoms with Gasteiger partial charge in [-0.05, 0) is 0 Å². The van der Waals surface area contributed by atoms with Gasteiger partial charge >= 0.3 is 6.18 Å². The SMILES string of the molecule is COCCN(C)c1cnn(CC(CN)C(F)(F)F)c(=O)c1. The standard InChI is InChI=1S/C12H19F3N4O2/c1-18(3-4-21-2)10-5-11(20)19(17-7-10)8-9(6-16)12(13,14)15/h5,7,9H,3-4,6,8,16H2,1-2H3. The van der Waals surface area contributed by atoms with Crippen LogP contribution in [-0.4, -0.2) is 49.8 Å². The number of rotatable bonds is 7. The van der Waals surface area contributed by atoms with E-state index in [1.54, 1.807) is 19.1 Å². The minimum atomic E-state index is -4.45. The fourth-order valence-corrected chi connectivity index (χ4v) is 1.65. The number of alkyl halides is 3. The first kappa shape index (κ1) is 17.4. The monoisotopic (exact) mass is 308 g/mol. The van der Waals surface area contributed by atoms with Gasteiger partial charge in [-0.25, -0.2) is 4.68 Å². The highest BCUT2D eigenvalue weighted by molar-refractivity contribution is 5.41. The van der Waals surface area contributed by atoms with Gasteiger partial charge in [0.2, 0.25) is 0 Å². The summed E-state index contributed by atoms with van der Waals surface area (Å²) in [5, 5.41) is 3.77. The smallest absolute Gasteiger partial charge is 0.383 e. The van der Waals surface area contributed by atoms with Crippen LogP contribution in [0.1, 0.15) is 0 Å². The van der Waals surface area contributed by atoms with Crippen molar-refractivity contribution in [2.24, 2.45) is 11.7 Å². The van der Waals surface area contributed by atoms with Crippen LogP contribution in [0.3, 0.4) is 0 Å². The van der Waals surface area contributed by atoms with Crippen LogP contribution in [0, 0.1) is 5.92 Å². The lowest BCUT2D eigenvalue weighted by Crippen LogP contribution is -2.38. The van der Waals surface area contributed by atoms with E-state index in [4.69, 9.17) is 10.5 Å². The number of aromatic nitrogens is 2. The molecule has 1 heterocycles. The van der Waals surface area contributed by atoms with Crippen molar-refractivity contribution < 1.29 is 17.9 Å². The molecular formula is C12H19F3N4O2. The summed E-state index contributed by atoms with van der Waals surface area (Å²) in [6.07, 6.45) is -3.11. The Bertz CT molecular complexity index is 504. The Morgan fingerprint density at radius 3 is 2.67 bits per heavy atom. The summed E-state index contributed by atoms with van der Waals surface area (Å²) < 4.78 is 43.6. The highest BCUT2D eigenvalue weighted by Crippen LogP contribution is 2.26. The highest BCUT2D eigenvalue weighted by Gasteiger charge is 2.39. The predicted octanol–water partition coefficient (Wildman–Crippen LogP) is 0.463. The lowest BCUT2D eigenvalue weighted by Gasteiger charge is -2.20. The van der Waals surface area contributed by atoms with Crippen molar-refractivity contribution in [3.05, 3.63) is 22.6 Å². The lowest BCUT2D eigenvalue weighted by atomic mass is 10.1. The summed E-state index contributed by atoms with van der Waals surface area (Å²) in [5.74, 6) is -1.79. The van der Waals surface area contributed by atoms with Crippen LogP contribution >= 0.6 is 0 Å². The zero-order valence-electron chi connectivity index (χ0n) is 11.9. The fourth-order valence-electron chi connectivity index (χ4n) is 1.65. The van der Waals surface area contributed by atoms with Crippen LogP contribution < -0.4 is 16.2 Å². The van der Waals surface area contributed by atoms with Crippen LogP contribution in [0.15, 0.2) is 17.1 Å². The zero-order chi connectivity index (χ0) is 16.0. The molecule has 0 saturated carbocycles.